The number of piperazine rings is 1. The zero-order valence-electron chi connectivity index (χ0n) is 18.0. The highest BCUT2D eigenvalue weighted by Gasteiger charge is 2.17. The van der Waals surface area contributed by atoms with Gasteiger partial charge in [-0.15, -0.1) is 0 Å². The van der Waals surface area contributed by atoms with E-state index in [0.717, 1.165) is 38.3 Å². The summed E-state index contributed by atoms with van der Waals surface area (Å²) >= 11 is 0. The van der Waals surface area contributed by atoms with Gasteiger partial charge in [0.05, 0.1) is 5.52 Å². The van der Waals surface area contributed by atoms with Crippen LogP contribution in [0.3, 0.4) is 0 Å². The minimum absolute atomic E-state index is 0.108. The Hall–Kier alpha value is -3.49. The average molecular weight is 431 g/mol. The second-order valence-electron chi connectivity index (χ2n) is 8.06. The van der Waals surface area contributed by atoms with Crippen molar-refractivity contribution in [3.05, 3.63) is 59.0 Å². The zero-order chi connectivity index (χ0) is 22.1. The molecule has 0 atom stereocenters. The van der Waals surface area contributed by atoms with Gasteiger partial charge in [-0.05, 0) is 19.2 Å². The summed E-state index contributed by atoms with van der Waals surface area (Å²) in [5.74, 6) is 1.23. The standard InChI is InChI=1S/C24H25N5O3/c1-28-9-11-29(12-10-28)13-14-31-17-7-8-18-19(15-17)32-24(30)20-21(18)26-23(27-22(20)25)16-5-3-2-4-6-16/h2-8,15H,9-14H2,1H3,(H2,25,26,27). The monoisotopic (exact) mass is 431 g/mol. The van der Waals surface area contributed by atoms with E-state index in [9.17, 15) is 4.79 Å². The van der Waals surface area contributed by atoms with Crippen LogP contribution in [0, 0.1) is 0 Å². The molecule has 0 aliphatic carbocycles. The minimum atomic E-state index is -0.556. The fourth-order valence-electron chi connectivity index (χ4n) is 3.98. The Morgan fingerprint density at radius 3 is 2.62 bits per heavy atom. The van der Waals surface area contributed by atoms with Gasteiger partial charge in [0.15, 0.2) is 5.82 Å². The summed E-state index contributed by atoms with van der Waals surface area (Å²) in [6, 6.07) is 15.0. The SMILES string of the molecule is CN1CCN(CCOc2ccc3c(c2)oc(=O)c2c(N)nc(-c4ccccc4)nc23)CC1. The molecule has 0 saturated carbocycles. The first-order valence-electron chi connectivity index (χ1n) is 10.7. The van der Waals surface area contributed by atoms with Crippen molar-refractivity contribution >= 4 is 27.7 Å². The maximum absolute atomic E-state index is 12.6. The number of ether oxygens (including phenoxy) is 1. The van der Waals surface area contributed by atoms with Crippen molar-refractivity contribution in [3.63, 3.8) is 0 Å². The Balaban J connectivity index is 1.44. The number of likely N-dealkylation sites (N-methyl/N-ethyl adjacent to an activating group) is 1. The van der Waals surface area contributed by atoms with Crippen LogP contribution in [0.25, 0.3) is 33.3 Å². The first-order valence-corrected chi connectivity index (χ1v) is 10.7. The molecular weight excluding hydrogens is 406 g/mol. The number of hydrogen-bond donors (Lipinski definition) is 1. The van der Waals surface area contributed by atoms with Gasteiger partial charge < -0.3 is 19.8 Å². The number of nitrogens with zero attached hydrogens (tertiary/aromatic N) is 4. The molecule has 2 aromatic carbocycles. The predicted molar refractivity (Wildman–Crippen MR) is 125 cm³/mol. The lowest BCUT2D eigenvalue weighted by molar-refractivity contribution is 0.134. The summed E-state index contributed by atoms with van der Waals surface area (Å²) in [4.78, 5) is 26.3. The van der Waals surface area contributed by atoms with Gasteiger partial charge in [0.25, 0.3) is 0 Å². The normalized spacial score (nSPS) is 15.4. The number of nitrogens with two attached hydrogens (primary N) is 1. The third-order valence-corrected chi connectivity index (χ3v) is 5.86. The van der Waals surface area contributed by atoms with Crippen molar-refractivity contribution in [3.8, 4) is 17.1 Å². The molecule has 2 aromatic heterocycles. The minimum Gasteiger partial charge on any atom is -0.492 e. The fraction of sp³-hybridized carbons (Fsp3) is 0.292. The molecule has 0 amide bonds. The molecule has 1 saturated heterocycles. The maximum Gasteiger partial charge on any atom is 0.349 e. The van der Waals surface area contributed by atoms with Crippen LogP contribution in [0.5, 0.6) is 5.75 Å². The lowest BCUT2D eigenvalue weighted by Crippen LogP contribution is -2.45. The Labute approximate surface area is 185 Å². The average Bonchev–Trinajstić information content (AvgIpc) is 2.80. The quantitative estimate of drug-likeness (QED) is 0.380. The summed E-state index contributed by atoms with van der Waals surface area (Å²) < 4.78 is 11.5. The third kappa shape index (κ3) is 4.02. The summed E-state index contributed by atoms with van der Waals surface area (Å²) in [6.07, 6.45) is 0. The van der Waals surface area contributed by atoms with Crippen molar-refractivity contribution < 1.29 is 9.15 Å². The van der Waals surface area contributed by atoms with E-state index in [2.05, 4.69) is 26.8 Å². The number of rotatable bonds is 5. The molecule has 3 heterocycles. The van der Waals surface area contributed by atoms with E-state index in [1.807, 2.05) is 42.5 Å². The summed E-state index contributed by atoms with van der Waals surface area (Å²) in [6.45, 7) is 5.67. The van der Waals surface area contributed by atoms with E-state index in [1.165, 1.54) is 0 Å². The smallest absolute Gasteiger partial charge is 0.349 e. The molecule has 32 heavy (non-hydrogen) atoms. The van der Waals surface area contributed by atoms with Gasteiger partial charge in [0.2, 0.25) is 0 Å². The largest absolute Gasteiger partial charge is 0.492 e. The van der Waals surface area contributed by atoms with Crippen molar-refractivity contribution in [2.75, 3.05) is 52.1 Å². The molecule has 5 rings (SSSR count). The first-order chi connectivity index (χ1) is 15.6. The molecule has 164 valence electrons. The molecule has 0 unspecified atom stereocenters. The van der Waals surface area contributed by atoms with Gasteiger partial charge in [0.1, 0.15) is 29.1 Å². The van der Waals surface area contributed by atoms with Crippen molar-refractivity contribution in [1.29, 1.82) is 0 Å². The zero-order valence-corrected chi connectivity index (χ0v) is 18.0. The van der Waals surface area contributed by atoms with Crippen LogP contribution in [-0.2, 0) is 0 Å². The Morgan fingerprint density at radius 1 is 1.06 bits per heavy atom. The fourth-order valence-corrected chi connectivity index (χ4v) is 3.98. The number of aromatic nitrogens is 2. The summed E-state index contributed by atoms with van der Waals surface area (Å²) in [7, 11) is 2.14. The predicted octanol–water partition coefficient (Wildman–Crippen LogP) is 2.61. The second-order valence-corrected chi connectivity index (χ2v) is 8.06. The molecule has 8 heteroatoms. The molecule has 1 aliphatic heterocycles. The molecule has 0 bridgehead atoms. The van der Waals surface area contributed by atoms with E-state index >= 15 is 0 Å². The van der Waals surface area contributed by atoms with Crippen molar-refractivity contribution in [2.45, 2.75) is 0 Å². The van der Waals surface area contributed by atoms with E-state index in [4.69, 9.17) is 14.9 Å². The molecule has 8 nitrogen and oxygen atoms in total. The van der Waals surface area contributed by atoms with Crippen LogP contribution >= 0.6 is 0 Å². The van der Waals surface area contributed by atoms with E-state index in [0.29, 0.717) is 34.7 Å². The van der Waals surface area contributed by atoms with Crippen molar-refractivity contribution in [2.24, 2.45) is 0 Å². The Morgan fingerprint density at radius 2 is 1.84 bits per heavy atom. The number of anilines is 1. The van der Waals surface area contributed by atoms with Crippen LogP contribution in [0.2, 0.25) is 0 Å². The number of fused-ring (bicyclic) bond motifs is 3. The third-order valence-electron chi connectivity index (χ3n) is 5.86. The highest BCUT2D eigenvalue weighted by molar-refractivity contribution is 6.05. The topological polar surface area (TPSA) is 97.7 Å². The van der Waals surface area contributed by atoms with E-state index < -0.39 is 5.63 Å². The highest BCUT2D eigenvalue weighted by Crippen LogP contribution is 2.29. The molecule has 1 aliphatic rings. The molecule has 1 fully saturated rings. The summed E-state index contributed by atoms with van der Waals surface area (Å²) in [5, 5.41) is 0.887. The lowest BCUT2D eigenvalue weighted by Gasteiger charge is -2.32. The molecule has 0 radical (unpaired) electrons. The van der Waals surface area contributed by atoms with Crippen LogP contribution in [0.1, 0.15) is 0 Å². The highest BCUT2D eigenvalue weighted by atomic mass is 16.5. The van der Waals surface area contributed by atoms with Gasteiger partial charge in [-0.1, -0.05) is 30.3 Å². The second kappa shape index (κ2) is 8.57. The van der Waals surface area contributed by atoms with Gasteiger partial charge in [-0.2, -0.15) is 0 Å². The number of hydrogen-bond acceptors (Lipinski definition) is 8. The van der Waals surface area contributed by atoms with Gasteiger partial charge in [-0.3, -0.25) is 4.90 Å². The van der Waals surface area contributed by atoms with E-state index in [-0.39, 0.29) is 11.2 Å². The van der Waals surface area contributed by atoms with Crippen LogP contribution < -0.4 is 16.1 Å². The summed E-state index contributed by atoms with van der Waals surface area (Å²) in [5.41, 5.74) is 7.28. The van der Waals surface area contributed by atoms with Crippen LogP contribution in [0.15, 0.2) is 57.7 Å². The molecule has 0 spiro atoms. The van der Waals surface area contributed by atoms with Gasteiger partial charge in [-0.25, -0.2) is 14.8 Å². The molecular formula is C24H25N5O3. The Kier molecular flexibility index (Phi) is 5.46. The number of nitrogen functional groups attached to an aromatic ring is 1. The van der Waals surface area contributed by atoms with Crippen LogP contribution in [0.4, 0.5) is 5.82 Å². The molecule has 4 aromatic rings. The molecule has 2 N–H and O–H groups in total. The first kappa shape index (κ1) is 20.4. The van der Waals surface area contributed by atoms with Crippen molar-refractivity contribution in [1.82, 2.24) is 19.8 Å². The van der Waals surface area contributed by atoms with Gasteiger partial charge >= 0.3 is 5.63 Å². The van der Waals surface area contributed by atoms with Crippen LogP contribution in [-0.4, -0.2) is 66.1 Å². The van der Waals surface area contributed by atoms with Gasteiger partial charge in [0, 0.05) is 49.7 Å². The Bertz CT molecular complexity index is 1310. The van der Waals surface area contributed by atoms with E-state index in [1.54, 1.807) is 6.07 Å². The lowest BCUT2D eigenvalue weighted by atomic mass is 10.1. The number of benzene rings is 2. The maximum atomic E-state index is 12.6.